The lowest BCUT2D eigenvalue weighted by Crippen LogP contribution is -2.07. The molecule has 0 fully saturated rings. The smallest absolute Gasteiger partial charge is 0.235 e. The summed E-state index contributed by atoms with van der Waals surface area (Å²) in [6.07, 6.45) is 3.68. The van der Waals surface area contributed by atoms with E-state index in [-0.39, 0.29) is 0 Å². The van der Waals surface area contributed by atoms with Crippen LogP contribution in [0.1, 0.15) is 0 Å². The van der Waals surface area contributed by atoms with Crippen LogP contribution in [0.2, 0.25) is 5.02 Å². The summed E-state index contributed by atoms with van der Waals surface area (Å²) >= 11 is 6.13. The molecule has 5 nitrogen and oxygen atoms in total. The number of benzene rings is 2. The molecule has 0 atom stereocenters. The van der Waals surface area contributed by atoms with E-state index in [0.717, 1.165) is 28.5 Å². The number of aromatic nitrogens is 3. The molecule has 0 saturated heterocycles. The molecule has 0 bridgehead atoms. The maximum absolute atomic E-state index is 6.13. The molecule has 0 unspecified atom stereocenters. The van der Waals surface area contributed by atoms with Gasteiger partial charge in [-0.05, 0) is 36.4 Å². The van der Waals surface area contributed by atoms with E-state index in [1.165, 1.54) is 0 Å². The maximum Gasteiger partial charge on any atom is 0.235 e. The number of imidazole rings is 1. The van der Waals surface area contributed by atoms with Crippen LogP contribution in [-0.4, -0.2) is 28.5 Å². The maximum atomic E-state index is 6.13. The first-order valence-electron chi connectivity index (χ1n) is 8.25. The highest BCUT2D eigenvalue weighted by Gasteiger charge is 2.15. The zero-order valence-electron chi connectivity index (χ0n) is 14.5. The van der Waals surface area contributed by atoms with Gasteiger partial charge in [0.2, 0.25) is 5.78 Å². The summed E-state index contributed by atoms with van der Waals surface area (Å²) in [5, 5.41) is 4.12. The van der Waals surface area contributed by atoms with E-state index >= 15 is 0 Å². The van der Waals surface area contributed by atoms with Crippen LogP contribution in [0.5, 0.6) is 0 Å². The minimum atomic E-state index is 0.642. The summed E-state index contributed by atoms with van der Waals surface area (Å²) < 4.78 is 1.94. The first-order valence-corrected chi connectivity index (χ1v) is 8.63. The summed E-state index contributed by atoms with van der Waals surface area (Å²) in [5.41, 5.74) is 3.90. The molecule has 2 aromatic carbocycles. The molecule has 4 rings (SSSR count). The van der Waals surface area contributed by atoms with Crippen molar-refractivity contribution in [3.63, 3.8) is 0 Å². The predicted molar refractivity (Wildman–Crippen MR) is 107 cm³/mol. The molecule has 130 valence electrons. The molecule has 26 heavy (non-hydrogen) atoms. The average Bonchev–Trinajstić information content (AvgIpc) is 3.00. The highest BCUT2D eigenvalue weighted by atomic mass is 35.5. The third-order valence-corrected chi connectivity index (χ3v) is 4.38. The van der Waals surface area contributed by atoms with E-state index in [1.807, 2.05) is 55.0 Å². The molecule has 0 saturated carbocycles. The second-order valence-electron chi connectivity index (χ2n) is 6.18. The van der Waals surface area contributed by atoms with Crippen LogP contribution in [0.15, 0.2) is 67.0 Å². The largest absolute Gasteiger partial charge is 0.378 e. The summed E-state index contributed by atoms with van der Waals surface area (Å²) in [5.74, 6) is 1.50. The van der Waals surface area contributed by atoms with Crippen LogP contribution < -0.4 is 10.2 Å². The Bertz CT molecular complexity index is 1050. The molecule has 0 radical (unpaired) electrons. The van der Waals surface area contributed by atoms with Gasteiger partial charge in [-0.3, -0.25) is 4.40 Å². The normalized spacial score (nSPS) is 10.9. The van der Waals surface area contributed by atoms with Gasteiger partial charge in [0, 0.05) is 48.4 Å². The second kappa shape index (κ2) is 6.69. The molecule has 0 amide bonds. The zero-order chi connectivity index (χ0) is 18.1. The van der Waals surface area contributed by atoms with E-state index in [9.17, 15) is 0 Å². The van der Waals surface area contributed by atoms with Crippen molar-refractivity contribution in [1.82, 2.24) is 14.4 Å². The SMILES string of the molecule is CN(C)c1ccc(-c2nc3ncccn3c2Nc2cccc(Cl)c2)cc1. The van der Waals surface area contributed by atoms with Crippen LogP contribution in [-0.2, 0) is 0 Å². The fraction of sp³-hybridized carbons (Fsp3) is 0.100. The van der Waals surface area contributed by atoms with Crippen molar-refractivity contribution in [2.75, 3.05) is 24.3 Å². The van der Waals surface area contributed by atoms with Crippen LogP contribution in [0.25, 0.3) is 17.0 Å². The Labute approximate surface area is 156 Å². The first kappa shape index (κ1) is 16.4. The zero-order valence-corrected chi connectivity index (χ0v) is 15.3. The van der Waals surface area contributed by atoms with Gasteiger partial charge in [0.05, 0.1) is 0 Å². The minimum absolute atomic E-state index is 0.642. The molecule has 6 heteroatoms. The van der Waals surface area contributed by atoms with Crippen LogP contribution >= 0.6 is 11.6 Å². The van der Waals surface area contributed by atoms with E-state index in [2.05, 4.69) is 39.5 Å². The highest BCUT2D eigenvalue weighted by Crippen LogP contribution is 2.32. The van der Waals surface area contributed by atoms with Gasteiger partial charge in [-0.1, -0.05) is 29.8 Å². The molecule has 0 aliphatic heterocycles. The molecular formula is C20H18ClN5. The Morgan fingerprint density at radius 3 is 2.58 bits per heavy atom. The fourth-order valence-corrected chi connectivity index (χ4v) is 3.02. The van der Waals surface area contributed by atoms with Crippen molar-refractivity contribution in [2.45, 2.75) is 0 Å². The van der Waals surface area contributed by atoms with E-state index in [4.69, 9.17) is 16.6 Å². The quantitative estimate of drug-likeness (QED) is 0.562. The number of nitrogens with zero attached hydrogens (tertiary/aromatic N) is 4. The number of nitrogens with one attached hydrogen (secondary N) is 1. The highest BCUT2D eigenvalue weighted by molar-refractivity contribution is 6.30. The first-order chi connectivity index (χ1) is 12.6. The predicted octanol–water partition coefficient (Wildman–Crippen LogP) is 4.86. The monoisotopic (exact) mass is 363 g/mol. The van der Waals surface area contributed by atoms with Gasteiger partial charge < -0.3 is 10.2 Å². The third kappa shape index (κ3) is 3.09. The van der Waals surface area contributed by atoms with Gasteiger partial charge in [-0.25, -0.2) is 9.97 Å². The van der Waals surface area contributed by atoms with Gasteiger partial charge >= 0.3 is 0 Å². The number of rotatable bonds is 4. The summed E-state index contributed by atoms with van der Waals surface area (Å²) in [7, 11) is 4.05. The number of anilines is 3. The standard InChI is InChI=1S/C20H18ClN5/c1-25(2)17-9-7-14(8-10-17)18-19(23-16-6-3-5-15(21)13-16)26-12-4-11-22-20(26)24-18/h3-13,23H,1-2H3. The Balaban J connectivity index is 1.83. The van der Waals surface area contributed by atoms with E-state index in [1.54, 1.807) is 6.20 Å². The van der Waals surface area contributed by atoms with Crippen molar-refractivity contribution in [1.29, 1.82) is 0 Å². The lowest BCUT2D eigenvalue weighted by molar-refractivity contribution is 1.11. The second-order valence-corrected chi connectivity index (χ2v) is 6.61. The molecule has 0 spiro atoms. The fourth-order valence-electron chi connectivity index (χ4n) is 2.83. The van der Waals surface area contributed by atoms with Gasteiger partial charge in [0.15, 0.2) is 0 Å². The Kier molecular flexibility index (Phi) is 4.22. The Hall–Kier alpha value is -3.05. The van der Waals surface area contributed by atoms with Crippen molar-refractivity contribution >= 4 is 34.6 Å². The average molecular weight is 364 g/mol. The van der Waals surface area contributed by atoms with Gasteiger partial charge in [0.1, 0.15) is 11.5 Å². The summed E-state index contributed by atoms with van der Waals surface area (Å²) in [6, 6.07) is 17.8. The number of fused-ring (bicyclic) bond motifs is 1. The Morgan fingerprint density at radius 1 is 1.04 bits per heavy atom. The molecule has 1 N–H and O–H groups in total. The molecule has 0 aliphatic carbocycles. The van der Waals surface area contributed by atoms with Gasteiger partial charge in [-0.2, -0.15) is 0 Å². The number of hydrogen-bond acceptors (Lipinski definition) is 4. The van der Waals surface area contributed by atoms with Crippen molar-refractivity contribution in [3.8, 4) is 11.3 Å². The van der Waals surface area contributed by atoms with Gasteiger partial charge in [-0.15, -0.1) is 0 Å². The molecule has 2 aromatic heterocycles. The van der Waals surface area contributed by atoms with Crippen molar-refractivity contribution < 1.29 is 0 Å². The van der Waals surface area contributed by atoms with Crippen LogP contribution in [0.3, 0.4) is 0 Å². The lowest BCUT2D eigenvalue weighted by atomic mass is 10.1. The summed E-state index contributed by atoms with van der Waals surface area (Å²) in [4.78, 5) is 11.2. The third-order valence-electron chi connectivity index (χ3n) is 4.15. The lowest BCUT2D eigenvalue weighted by Gasteiger charge is -2.13. The van der Waals surface area contributed by atoms with Gasteiger partial charge in [0.25, 0.3) is 0 Å². The molecule has 2 heterocycles. The Morgan fingerprint density at radius 2 is 1.85 bits per heavy atom. The van der Waals surface area contributed by atoms with Crippen molar-refractivity contribution in [3.05, 3.63) is 72.0 Å². The minimum Gasteiger partial charge on any atom is -0.378 e. The summed E-state index contributed by atoms with van der Waals surface area (Å²) in [6.45, 7) is 0. The van der Waals surface area contributed by atoms with E-state index in [0.29, 0.717) is 10.8 Å². The number of hydrogen-bond donors (Lipinski definition) is 1. The van der Waals surface area contributed by atoms with Crippen LogP contribution in [0.4, 0.5) is 17.2 Å². The van der Waals surface area contributed by atoms with E-state index < -0.39 is 0 Å². The molecule has 0 aliphatic rings. The number of halogens is 1. The molecule has 4 aromatic rings. The molecular weight excluding hydrogens is 346 g/mol. The topological polar surface area (TPSA) is 45.5 Å². The van der Waals surface area contributed by atoms with Crippen LogP contribution in [0, 0.1) is 0 Å². The van der Waals surface area contributed by atoms with Crippen molar-refractivity contribution in [2.24, 2.45) is 0 Å².